The quantitative estimate of drug-likeness (QED) is 0.112. The van der Waals surface area contributed by atoms with Gasteiger partial charge in [0.05, 0.1) is 71.2 Å². The fraction of sp³-hybridized carbons (Fsp3) is 0.500. The van der Waals surface area contributed by atoms with Crippen molar-refractivity contribution in [1.82, 2.24) is 4.57 Å². The van der Waals surface area contributed by atoms with E-state index in [1.165, 1.54) is 11.3 Å². The third kappa shape index (κ3) is 10.3. The zero-order chi connectivity index (χ0) is 30.2. The molecule has 0 N–H and O–H groups in total. The summed E-state index contributed by atoms with van der Waals surface area (Å²) in [6.45, 7) is 12.7. The van der Waals surface area contributed by atoms with Crippen molar-refractivity contribution in [3.8, 4) is 12.1 Å². The Morgan fingerprint density at radius 2 is 1.60 bits per heavy atom. The number of aryl methyl sites for hydroxylation is 2. The van der Waals surface area contributed by atoms with E-state index in [-0.39, 0.29) is 0 Å². The van der Waals surface area contributed by atoms with Gasteiger partial charge in [-0.3, -0.25) is 0 Å². The lowest BCUT2D eigenvalue weighted by Crippen LogP contribution is -2.27. The second-order valence-corrected chi connectivity index (χ2v) is 10.5. The summed E-state index contributed by atoms with van der Waals surface area (Å²) in [6, 6.07) is 10.2. The molecule has 2 aromatic heterocycles. The Kier molecular flexibility index (Phi) is 14.1. The molecule has 224 valence electrons. The van der Waals surface area contributed by atoms with Crippen LogP contribution in [0.2, 0.25) is 0 Å². The fourth-order valence-electron chi connectivity index (χ4n) is 4.07. The van der Waals surface area contributed by atoms with E-state index < -0.39 is 0 Å². The molecular weight excluding hydrogens is 554 g/mol. The molecule has 0 aliphatic rings. The molecule has 0 fully saturated rings. The maximum Gasteiger partial charge on any atom is 0.243 e. The van der Waals surface area contributed by atoms with Gasteiger partial charge in [0.2, 0.25) is 6.33 Å². The number of thiophene rings is 1. The molecule has 0 aliphatic heterocycles. The SMILES string of the molecule is CCN(CCOCCOCCOCCOCCn1cc[n+](C)c1)c1ccc(N=Nc2sc(C#N)c(C)c2C#N)c(C)c1. The van der Waals surface area contributed by atoms with E-state index in [9.17, 15) is 10.5 Å². The number of nitrogens with zero attached hydrogens (tertiary/aromatic N) is 7. The van der Waals surface area contributed by atoms with Crippen LogP contribution in [-0.2, 0) is 32.5 Å². The van der Waals surface area contributed by atoms with Gasteiger partial charge >= 0.3 is 0 Å². The Morgan fingerprint density at radius 1 is 0.929 bits per heavy atom. The standard InChI is InChI=1S/C30H40N7O4S/c1-5-37(11-13-39-15-17-41-19-18-40-16-14-38-12-10-36-9-8-35(4)23-36)26-6-7-28(24(2)20-26)33-34-30-27(21-31)25(3)29(22-32)42-30/h6-9,20,23H,5,10-19H2,1-4H3/q+1. The van der Waals surface area contributed by atoms with Crippen molar-refractivity contribution in [1.29, 1.82) is 10.5 Å². The Labute approximate surface area is 252 Å². The van der Waals surface area contributed by atoms with Gasteiger partial charge in [0.15, 0.2) is 5.00 Å². The number of anilines is 1. The number of hydrogen-bond acceptors (Lipinski definition) is 10. The van der Waals surface area contributed by atoms with E-state index in [4.69, 9.17) is 18.9 Å². The van der Waals surface area contributed by atoms with Crippen molar-refractivity contribution >= 4 is 27.7 Å². The summed E-state index contributed by atoms with van der Waals surface area (Å²) in [7, 11) is 1.99. The zero-order valence-corrected chi connectivity index (χ0v) is 25.7. The van der Waals surface area contributed by atoms with Crippen molar-refractivity contribution in [2.45, 2.75) is 27.3 Å². The summed E-state index contributed by atoms with van der Waals surface area (Å²) in [6.07, 6.45) is 6.04. The summed E-state index contributed by atoms with van der Waals surface area (Å²) >= 11 is 1.18. The Balaban J connectivity index is 1.27. The second-order valence-electron chi connectivity index (χ2n) is 9.48. The summed E-state index contributed by atoms with van der Waals surface area (Å²) in [4.78, 5) is 2.72. The highest BCUT2D eigenvalue weighted by molar-refractivity contribution is 7.16. The monoisotopic (exact) mass is 594 g/mol. The van der Waals surface area contributed by atoms with Crippen LogP contribution in [0.15, 0.2) is 47.1 Å². The van der Waals surface area contributed by atoms with Crippen LogP contribution in [0.5, 0.6) is 0 Å². The summed E-state index contributed by atoms with van der Waals surface area (Å²) in [5, 5.41) is 27.7. The van der Waals surface area contributed by atoms with Gasteiger partial charge in [-0.1, -0.05) is 0 Å². The first kappa shape index (κ1) is 32.9. The molecule has 0 amide bonds. The molecule has 0 aliphatic carbocycles. The molecule has 3 rings (SSSR count). The molecular formula is C30H40N7O4S+. The van der Waals surface area contributed by atoms with Crippen LogP contribution >= 0.6 is 11.3 Å². The van der Waals surface area contributed by atoms with Gasteiger partial charge in [0.25, 0.3) is 0 Å². The van der Waals surface area contributed by atoms with E-state index >= 15 is 0 Å². The van der Waals surface area contributed by atoms with Crippen LogP contribution in [0.3, 0.4) is 0 Å². The molecule has 0 saturated carbocycles. The molecule has 0 bridgehead atoms. The fourth-order valence-corrected chi connectivity index (χ4v) is 4.94. The average Bonchev–Trinajstić information content (AvgIpc) is 3.55. The predicted octanol–water partition coefficient (Wildman–Crippen LogP) is 4.74. The number of likely N-dealkylation sites (N-methyl/N-ethyl adjacent to an activating group) is 1. The van der Waals surface area contributed by atoms with Gasteiger partial charge < -0.3 is 23.8 Å². The normalized spacial score (nSPS) is 11.2. The predicted molar refractivity (Wildman–Crippen MR) is 161 cm³/mol. The third-order valence-electron chi connectivity index (χ3n) is 6.46. The average molecular weight is 595 g/mol. The molecule has 3 aromatic rings. The summed E-state index contributed by atoms with van der Waals surface area (Å²) in [5.74, 6) is 0. The molecule has 12 heteroatoms. The van der Waals surface area contributed by atoms with Crippen LogP contribution in [0.25, 0.3) is 0 Å². The third-order valence-corrected chi connectivity index (χ3v) is 7.54. The van der Waals surface area contributed by atoms with Crippen LogP contribution < -0.4 is 9.47 Å². The minimum absolute atomic E-state index is 0.403. The molecule has 0 atom stereocenters. The lowest BCUT2D eigenvalue weighted by Gasteiger charge is -2.23. The van der Waals surface area contributed by atoms with Crippen LogP contribution in [0.1, 0.15) is 28.5 Å². The number of azo groups is 1. The first-order valence-corrected chi connectivity index (χ1v) is 14.8. The van der Waals surface area contributed by atoms with E-state index in [2.05, 4.69) is 44.8 Å². The smallest absolute Gasteiger partial charge is 0.243 e. The van der Waals surface area contributed by atoms with E-state index in [0.29, 0.717) is 73.9 Å². The number of aromatic nitrogens is 2. The van der Waals surface area contributed by atoms with Crippen LogP contribution in [0.4, 0.5) is 16.4 Å². The van der Waals surface area contributed by atoms with Crippen molar-refractivity contribution in [3.05, 3.63) is 58.5 Å². The van der Waals surface area contributed by atoms with Gasteiger partial charge in [-0.15, -0.1) is 21.6 Å². The van der Waals surface area contributed by atoms with E-state index in [1.54, 1.807) is 6.92 Å². The number of rotatable bonds is 19. The maximum absolute atomic E-state index is 9.42. The lowest BCUT2D eigenvalue weighted by atomic mass is 10.1. The van der Waals surface area contributed by atoms with Crippen LogP contribution in [0, 0.1) is 36.5 Å². The zero-order valence-electron chi connectivity index (χ0n) is 24.9. The number of nitriles is 2. The first-order valence-electron chi connectivity index (χ1n) is 14.0. The second kappa shape index (κ2) is 18.0. The van der Waals surface area contributed by atoms with Gasteiger partial charge in [-0.05, 0) is 50.1 Å². The Hall–Kier alpha value is -3.65. The number of hydrogen-bond donors (Lipinski definition) is 0. The van der Waals surface area contributed by atoms with Gasteiger partial charge in [0.1, 0.15) is 36.0 Å². The molecule has 0 saturated heterocycles. The summed E-state index contributed by atoms with van der Waals surface area (Å²) in [5.41, 5.74) is 3.82. The Morgan fingerprint density at radius 3 is 2.17 bits per heavy atom. The van der Waals surface area contributed by atoms with Crippen molar-refractivity contribution < 1.29 is 23.5 Å². The first-order chi connectivity index (χ1) is 20.5. The number of benzene rings is 1. The highest BCUT2D eigenvalue weighted by atomic mass is 32.1. The van der Waals surface area contributed by atoms with Crippen molar-refractivity contribution in [3.63, 3.8) is 0 Å². The number of ether oxygens (including phenoxy) is 4. The minimum Gasteiger partial charge on any atom is -0.377 e. The largest absolute Gasteiger partial charge is 0.377 e. The van der Waals surface area contributed by atoms with Crippen molar-refractivity contribution in [2.75, 3.05) is 70.8 Å². The minimum atomic E-state index is 0.403. The van der Waals surface area contributed by atoms with Gasteiger partial charge in [0, 0.05) is 18.8 Å². The molecule has 0 radical (unpaired) electrons. The maximum atomic E-state index is 9.42. The molecule has 42 heavy (non-hydrogen) atoms. The molecule has 11 nitrogen and oxygen atoms in total. The molecule has 1 aromatic carbocycles. The van der Waals surface area contributed by atoms with Crippen LogP contribution in [-0.4, -0.2) is 70.5 Å². The Bertz CT molecular complexity index is 1370. The molecule has 0 spiro atoms. The van der Waals surface area contributed by atoms with Gasteiger partial charge in [-0.2, -0.15) is 10.5 Å². The summed E-state index contributed by atoms with van der Waals surface area (Å²) < 4.78 is 26.6. The molecule has 0 unspecified atom stereocenters. The number of imidazole rings is 1. The topological polar surface area (TPSA) is 121 Å². The van der Waals surface area contributed by atoms with Crippen molar-refractivity contribution in [2.24, 2.45) is 17.3 Å². The molecule has 2 heterocycles. The van der Waals surface area contributed by atoms with Gasteiger partial charge in [-0.25, -0.2) is 9.13 Å². The highest BCUT2D eigenvalue weighted by Gasteiger charge is 2.14. The van der Waals surface area contributed by atoms with E-state index in [0.717, 1.165) is 36.6 Å². The van der Waals surface area contributed by atoms with E-state index in [1.807, 2.05) is 49.4 Å². The highest BCUT2D eigenvalue weighted by Crippen LogP contribution is 2.36. The lowest BCUT2D eigenvalue weighted by molar-refractivity contribution is -0.671.